The number of carboxylic acid groups (broad SMARTS) is 2. The van der Waals surface area contributed by atoms with Gasteiger partial charge in [0.2, 0.25) is 5.91 Å². The Morgan fingerprint density at radius 1 is 0.857 bits per heavy atom. The summed E-state index contributed by atoms with van der Waals surface area (Å²) < 4.78 is 0. The number of amides is 1. The third kappa shape index (κ3) is 7.16. The first-order valence-electron chi connectivity index (χ1n) is 8.85. The van der Waals surface area contributed by atoms with Gasteiger partial charge in [-0.2, -0.15) is 0 Å². The van der Waals surface area contributed by atoms with Gasteiger partial charge in [0.25, 0.3) is 0 Å². The van der Waals surface area contributed by atoms with Crippen molar-refractivity contribution in [2.24, 2.45) is 0 Å². The molecule has 0 radical (unpaired) electrons. The average Bonchev–Trinajstić information content (AvgIpc) is 2.70. The highest BCUT2D eigenvalue weighted by atomic mass is 16.4. The van der Waals surface area contributed by atoms with Gasteiger partial charge >= 0.3 is 11.9 Å². The van der Waals surface area contributed by atoms with E-state index in [1.807, 2.05) is 47.5 Å². The van der Waals surface area contributed by atoms with Crippen molar-refractivity contribution in [3.63, 3.8) is 0 Å². The summed E-state index contributed by atoms with van der Waals surface area (Å²) in [4.78, 5) is 39.0. The fourth-order valence-electron chi connectivity index (χ4n) is 2.79. The number of benzene rings is 1. The summed E-state index contributed by atoms with van der Waals surface area (Å²) in [6.45, 7) is 4.39. The van der Waals surface area contributed by atoms with Crippen molar-refractivity contribution in [1.29, 1.82) is 0 Å². The van der Waals surface area contributed by atoms with Gasteiger partial charge in [-0.05, 0) is 17.2 Å². The lowest BCUT2D eigenvalue weighted by Gasteiger charge is -2.34. The lowest BCUT2D eigenvalue weighted by Crippen LogP contribution is -2.48. The van der Waals surface area contributed by atoms with E-state index in [-0.39, 0.29) is 5.91 Å². The summed E-state index contributed by atoms with van der Waals surface area (Å²) in [5, 5.41) is 14.8. The average molecular weight is 385 g/mol. The van der Waals surface area contributed by atoms with Crippen LogP contribution in [0.1, 0.15) is 11.1 Å². The first kappa shape index (κ1) is 21.0. The van der Waals surface area contributed by atoms with Crippen molar-refractivity contribution in [1.82, 2.24) is 14.8 Å². The van der Waals surface area contributed by atoms with E-state index in [2.05, 4.69) is 16.0 Å². The Morgan fingerprint density at radius 3 is 2.00 bits per heavy atom. The van der Waals surface area contributed by atoms with Gasteiger partial charge in [-0.3, -0.25) is 14.7 Å². The molecule has 0 saturated carbocycles. The minimum absolute atomic E-state index is 0.229. The molecule has 2 aromatic rings. The third-order valence-corrected chi connectivity index (χ3v) is 4.24. The lowest BCUT2D eigenvalue weighted by atomic mass is 10.1. The second kappa shape index (κ2) is 10.8. The van der Waals surface area contributed by atoms with Crippen LogP contribution in [0.2, 0.25) is 0 Å². The Labute approximate surface area is 163 Å². The summed E-state index contributed by atoms with van der Waals surface area (Å²) in [7, 11) is 0. The molecule has 1 amide bonds. The van der Waals surface area contributed by atoms with Crippen LogP contribution < -0.4 is 0 Å². The normalized spacial score (nSPS) is 13.9. The van der Waals surface area contributed by atoms with Crippen LogP contribution in [0.15, 0.2) is 54.9 Å². The summed E-state index contributed by atoms with van der Waals surface area (Å²) >= 11 is 0. The van der Waals surface area contributed by atoms with Gasteiger partial charge in [-0.15, -0.1) is 0 Å². The number of carbonyl (C=O) groups excluding carboxylic acids is 1. The highest BCUT2D eigenvalue weighted by Gasteiger charge is 2.21. The number of hydrogen-bond donors (Lipinski definition) is 2. The number of rotatable bonds is 4. The molecule has 1 aliphatic heterocycles. The predicted octanol–water partition coefficient (Wildman–Crippen LogP) is 1.12. The predicted molar refractivity (Wildman–Crippen MR) is 102 cm³/mol. The largest absolute Gasteiger partial charge is 0.473 e. The van der Waals surface area contributed by atoms with Gasteiger partial charge in [0, 0.05) is 45.1 Å². The van der Waals surface area contributed by atoms with Gasteiger partial charge in [0.15, 0.2) is 0 Å². The SMILES string of the molecule is O=C(Cc1ccccc1)N1CCN(Cc2cccnc2)CC1.O=C(O)C(=O)O. The highest BCUT2D eigenvalue weighted by molar-refractivity contribution is 6.27. The lowest BCUT2D eigenvalue weighted by molar-refractivity contribution is -0.159. The van der Waals surface area contributed by atoms with Crippen LogP contribution in [-0.4, -0.2) is 69.0 Å². The zero-order valence-corrected chi connectivity index (χ0v) is 15.4. The van der Waals surface area contributed by atoms with Crippen LogP contribution in [0.5, 0.6) is 0 Å². The Hall–Kier alpha value is -3.26. The van der Waals surface area contributed by atoms with Crippen LogP contribution in [-0.2, 0) is 27.3 Å². The number of aromatic nitrogens is 1. The number of carboxylic acids is 2. The number of hydrogen-bond acceptors (Lipinski definition) is 5. The summed E-state index contributed by atoms with van der Waals surface area (Å²) in [5.74, 6) is -3.42. The molecule has 0 spiro atoms. The first-order valence-corrected chi connectivity index (χ1v) is 8.85. The topological polar surface area (TPSA) is 111 Å². The van der Waals surface area contributed by atoms with E-state index in [0.29, 0.717) is 6.42 Å². The molecule has 1 aromatic carbocycles. The second-order valence-electron chi connectivity index (χ2n) is 6.29. The second-order valence-corrected chi connectivity index (χ2v) is 6.29. The zero-order chi connectivity index (χ0) is 20.4. The van der Waals surface area contributed by atoms with Gasteiger partial charge < -0.3 is 15.1 Å². The number of piperazine rings is 1. The fraction of sp³-hybridized carbons (Fsp3) is 0.300. The minimum Gasteiger partial charge on any atom is -0.473 e. The number of carbonyl (C=O) groups is 3. The van der Waals surface area contributed by atoms with E-state index < -0.39 is 11.9 Å². The van der Waals surface area contributed by atoms with E-state index in [1.165, 1.54) is 5.56 Å². The van der Waals surface area contributed by atoms with Crippen molar-refractivity contribution in [3.8, 4) is 0 Å². The molecule has 1 saturated heterocycles. The molecular formula is C20H23N3O5. The number of aliphatic carboxylic acids is 2. The van der Waals surface area contributed by atoms with E-state index in [9.17, 15) is 4.79 Å². The molecule has 1 aromatic heterocycles. The van der Waals surface area contributed by atoms with Crippen molar-refractivity contribution >= 4 is 17.8 Å². The van der Waals surface area contributed by atoms with Crippen LogP contribution in [0.4, 0.5) is 0 Å². The van der Waals surface area contributed by atoms with Gasteiger partial charge in [-0.25, -0.2) is 9.59 Å². The van der Waals surface area contributed by atoms with Crippen molar-refractivity contribution in [3.05, 3.63) is 66.0 Å². The Morgan fingerprint density at radius 2 is 1.46 bits per heavy atom. The third-order valence-electron chi connectivity index (χ3n) is 4.24. The molecule has 148 valence electrons. The molecule has 1 fully saturated rings. The first-order chi connectivity index (χ1) is 13.5. The molecule has 3 rings (SSSR count). The molecule has 0 unspecified atom stereocenters. The van der Waals surface area contributed by atoms with E-state index in [1.54, 1.807) is 6.20 Å². The van der Waals surface area contributed by atoms with E-state index in [0.717, 1.165) is 38.3 Å². The van der Waals surface area contributed by atoms with Crippen molar-refractivity contribution in [2.75, 3.05) is 26.2 Å². The molecule has 2 heterocycles. The standard InChI is InChI=1S/C18H21N3O.C2H2O4/c22-18(13-16-5-2-1-3-6-16)21-11-9-20(10-12-21)15-17-7-4-8-19-14-17;3-1(4)2(5)6/h1-8,14H,9-13,15H2;(H,3,4)(H,5,6). The molecule has 0 bridgehead atoms. The van der Waals surface area contributed by atoms with Crippen molar-refractivity contribution in [2.45, 2.75) is 13.0 Å². The molecule has 28 heavy (non-hydrogen) atoms. The molecule has 0 aliphatic carbocycles. The fourth-order valence-corrected chi connectivity index (χ4v) is 2.79. The summed E-state index contributed by atoms with van der Waals surface area (Å²) in [5.41, 5.74) is 2.32. The molecule has 8 heteroatoms. The maximum atomic E-state index is 12.3. The molecule has 1 aliphatic rings. The molecule has 0 atom stereocenters. The molecule has 8 nitrogen and oxygen atoms in total. The number of nitrogens with zero attached hydrogens (tertiary/aromatic N) is 3. The van der Waals surface area contributed by atoms with Gasteiger partial charge in [0.1, 0.15) is 0 Å². The van der Waals surface area contributed by atoms with Crippen molar-refractivity contribution < 1.29 is 24.6 Å². The summed E-state index contributed by atoms with van der Waals surface area (Å²) in [6.07, 6.45) is 4.21. The number of pyridine rings is 1. The zero-order valence-electron chi connectivity index (χ0n) is 15.4. The van der Waals surface area contributed by atoms with E-state index >= 15 is 0 Å². The molecular weight excluding hydrogens is 362 g/mol. The van der Waals surface area contributed by atoms with Crippen LogP contribution in [0.25, 0.3) is 0 Å². The van der Waals surface area contributed by atoms with Crippen LogP contribution in [0, 0.1) is 0 Å². The van der Waals surface area contributed by atoms with Crippen LogP contribution in [0.3, 0.4) is 0 Å². The van der Waals surface area contributed by atoms with Gasteiger partial charge in [0.05, 0.1) is 6.42 Å². The highest BCUT2D eigenvalue weighted by Crippen LogP contribution is 2.09. The van der Waals surface area contributed by atoms with Crippen LogP contribution >= 0.6 is 0 Å². The minimum atomic E-state index is -1.82. The monoisotopic (exact) mass is 385 g/mol. The smallest absolute Gasteiger partial charge is 0.414 e. The molecule has 2 N–H and O–H groups in total. The maximum Gasteiger partial charge on any atom is 0.414 e. The Balaban J connectivity index is 0.000000409. The Bertz CT molecular complexity index is 763. The Kier molecular flexibility index (Phi) is 8.11. The van der Waals surface area contributed by atoms with Gasteiger partial charge in [-0.1, -0.05) is 36.4 Å². The van der Waals surface area contributed by atoms with E-state index in [4.69, 9.17) is 19.8 Å². The summed E-state index contributed by atoms with van der Waals surface area (Å²) in [6, 6.07) is 14.0. The maximum absolute atomic E-state index is 12.3. The quantitative estimate of drug-likeness (QED) is 0.759.